The highest BCUT2D eigenvalue weighted by Gasteiger charge is 2.33. The predicted molar refractivity (Wildman–Crippen MR) is 88.5 cm³/mol. The van der Waals surface area contributed by atoms with Crippen LogP contribution in [0.3, 0.4) is 0 Å². The molecular weight excluding hydrogens is 260 g/mol. The Bertz CT molecular complexity index is 522. The van der Waals surface area contributed by atoms with Gasteiger partial charge in [-0.25, -0.2) is 0 Å². The zero-order valence-electron chi connectivity index (χ0n) is 13.1. The van der Waals surface area contributed by atoms with Gasteiger partial charge in [0.05, 0.1) is 5.38 Å². The van der Waals surface area contributed by atoms with Crippen molar-refractivity contribution in [2.24, 2.45) is 0 Å². The normalized spacial score (nSPS) is 12.1. The van der Waals surface area contributed by atoms with E-state index in [9.17, 15) is 0 Å². The predicted octanol–water partition coefficient (Wildman–Crippen LogP) is 4.03. The molecule has 0 fully saturated rings. The van der Waals surface area contributed by atoms with E-state index in [0.717, 1.165) is 12.2 Å². The molecule has 0 bridgehead atoms. The monoisotopic (exact) mass is 285 g/mol. The second-order valence-corrected chi connectivity index (χ2v) is 9.68. The average Bonchev–Trinajstić information content (AvgIpc) is 2.84. The minimum atomic E-state index is -0.886. The van der Waals surface area contributed by atoms with Gasteiger partial charge in [-0.3, -0.25) is 0 Å². The second-order valence-electron chi connectivity index (χ2n) is 6.36. The summed E-state index contributed by atoms with van der Waals surface area (Å²) in [6.07, 6.45) is 3.48. The summed E-state index contributed by atoms with van der Waals surface area (Å²) < 4.78 is 6.17. The summed E-state index contributed by atoms with van der Waals surface area (Å²) in [5.74, 6) is 1.14. The number of hydrogen-bond donors (Lipinski definition) is 0. The lowest BCUT2D eigenvalue weighted by atomic mass is 10.2. The van der Waals surface area contributed by atoms with Crippen LogP contribution in [-0.2, 0) is 6.42 Å². The summed E-state index contributed by atoms with van der Waals surface area (Å²) in [4.78, 5) is 0. The average molecular weight is 285 g/mol. The van der Waals surface area contributed by atoms with Crippen molar-refractivity contribution in [3.63, 3.8) is 0 Å². The zero-order valence-corrected chi connectivity index (χ0v) is 14.1. The molecule has 0 saturated carbocycles. The lowest BCUT2D eigenvalue weighted by Gasteiger charge is -2.27. The van der Waals surface area contributed by atoms with Crippen LogP contribution in [0.25, 0.3) is 0 Å². The summed E-state index contributed by atoms with van der Waals surface area (Å²) in [5.41, 5.74) is 0. The van der Waals surface area contributed by atoms with Crippen LogP contribution < -0.4 is 10.6 Å². The van der Waals surface area contributed by atoms with Gasteiger partial charge in [0, 0.05) is 6.42 Å². The van der Waals surface area contributed by atoms with E-state index in [0.29, 0.717) is 0 Å². The van der Waals surface area contributed by atoms with Gasteiger partial charge in [0.2, 0.25) is 0 Å². The largest absolute Gasteiger partial charge is 0.471 e. The number of hydrogen-bond acceptors (Lipinski definition) is 1. The Labute approximate surface area is 124 Å². The fourth-order valence-electron chi connectivity index (χ4n) is 2.55. The van der Waals surface area contributed by atoms with Gasteiger partial charge in [-0.1, -0.05) is 69.6 Å². The van der Waals surface area contributed by atoms with Gasteiger partial charge in [-0.05, 0) is 23.6 Å². The van der Waals surface area contributed by atoms with Crippen LogP contribution in [0, 0.1) is 0 Å². The van der Waals surface area contributed by atoms with Crippen LogP contribution in [0.5, 0.6) is 0 Å². The Kier molecular flexibility index (Phi) is 4.87. The molecule has 2 heteroatoms. The molecule has 0 atom stereocenters. The summed E-state index contributed by atoms with van der Waals surface area (Å²) in [6, 6.07) is 15.2. The molecule has 2 aromatic rings. The zero-order chi connectivity index (χ0) is 14.6. The van der Waals surface area contributed by atoms with Crippen LogP contribution in [-0.4, -0.2) is 8.80 Å². The van der Waals surface area contributed by atoms with Gasteiger partial charge in [0.1, 0.15) is 5.76 Å². The first-order valence-corrected chi connectivity index (χ1v) is 9.04. The molecule has 0 unspecified atom stereocenters. The van der Waals surface area contributed by atoms with Gasteiger partial charge in [-0.2, -0.15) is 0 Å². The number of rotatable bonds is 5. The van der Waals surface area contributed by atoms with E-state index in [2.05, 4.69) is 70.2 Å². The molecule has 1 aromatic heterocycles. The smallest absolute Gasteiger partial charge is 0.174 e. The van der Waals surface area contributed by atoms with Crippen LogP contribution in [0.15, 0.2) is 46.9 Å². The van der Waals surface area contributed by atoms with Gasteiger partial charge in [0.25, 0.3) is 0 Å². The molecule has 2 rings (SSSR count). The van der Waals surface area contributed by atoms with Crippen LogP contribution in [0.4, 0.5) is 0 Å². The van der Waals surface area contributed by atoms with E-state index < -0.39 is 8.80 Å². The Morgan fingerprint density at radius 1 is 1.00 bits per heavy atom. The SMILES string of the molecule is CCCCc1ccc([Si](c2ccccc2)C(C)(C)C)o1. The highest BCUT2D eigenvalue weighted by molar-refractivity contribution is 6.86. The fourth-order valence-corrected chi connectivity index (χ4v) is 5.45. The van der Waals surface area contributed by atoms with Crippen LogP contribution >= 0.6 is 0 Å². The Morgan fingerprint density at radius 2 is 1.70 bits per heavy atom. The van der Waals surface area contributed by atoms with Crippen LogP contribution in [0.2, 0.25) is 5.04 Å². The van der Waals surface area contributed by atoms with E-state index in [4.69, 9.17) is 4.42 Å². The Morgan fingerprint density at radius 3 is 2.30 bits per heavy atom. The Balaban J connectivity index is 2.31. The first kappa shape index (κ1) is 15.1. The topological polar surface area (TPSA) is 13.1 Å². The first-order valence-electron chi connectivity index (χ1n) is 7.54. The van der Waals surface area contributed by atoms with Crippen molar-refractivity contribution in [1.82, 2.24) is 0 Å². The summed E-state index contributed by atoms with van der Waals surface area (Å²) in [7, 11) is -0.886. The molecule has 0 N–H and O–H groups in total. The van der Waals surface area contributed by atoms with Gasteiger partial charge in [-0.15, -0.1) is 0 Å². The van der Waals surface area contributed by atoms with Crippen molar-refractivity contribution in [2.45, 2.75) is 52.0 Å². The molecule has 0 spiro atoms. The third-order valence-corrected chi connectivity index (χ3v) is 6.67. The standard InChI is InChI=1S/C18H25OSi/c1-5-6-10-15-13-14-17(19-15)20(18(2,3)4)16-11-8-7-9-12-16/h7-9,11-14H,5-6,10H2,1-4H3. The third-order valence-electron chi connectivity index (χ3n) is 3.50. The molecule has 0 aliphatic heterocycles. The molecule has 1 nitrogen and oxygen atoms in total. The maximum atomic E-state index is 6.17. The summed E-state index contributed by atoms with van der Waals surface area (Å²) in [5, 5.41) is 2.87. The number of aryl methyl sites for hydroxylation is 1. The van der Waals surface area contributed by atoms with Crippen molar-refractivity contribution < 1.29 is 4.42 Å². The molecule has 20 heavy (non-hydrogen) atoms. The molecule has 1 radical (unpaired) electrons. The van der Waals surface area contributed by atoms with E-state index >= 15 is 0 Å². The van der Waals surface area contributed by atoms with E-state index in [-0.39, 0.29) is 5.04 Å². The van der Waals surface area contributed by atoms with E-state index in [1.54, 1.807) is 0 Å². The van der Waals surface area contributed by atoms with E-state index in [1.807, 2.05) is 0 Å². The molecule has 0 amide bonds. The second kappa shape index (κ2) is 6.44. The quantitative estimate of drug-likeness (QED) is 0.756. The minimum Gasteiger partial charge on any atom is -0.471 e. The molecule has 0 aliphatic carbocycles. The molecule has 107 valence electrons. The first-order chi connectivity index (χ1) is 9.52. The Hall–Kier alpha value is -1.28. The lowest BCUT2D eigenvalue weighted by molar-refractivity contribution is 0.522. The minimum absolute atomic E-state index is 0.242. The molecule has 0 aliphatic rings. The maximum Gasteiger partial charge on any atom is 0.174 e. The molecule has 1 aromatic carbocycles. The van der Waals surface area contributed by atoms with Gasteiger partial charge in [0.15, 0.2) is 8.80 Å². The highest BCUT2D eigenvalue weighted by atomic mass is 28.3. The fraction of sp³-hybridized carbons (Fsp3) is 0.444. The molecular formula is C18H25OSi. The van der Waals surface area contributed by atoms with Gasteiger partial charge < -0.3 is 4.42 Å². The lowest BCUT2D eigenvalue weighted by Crippen LogP contribution is -2.48. The number of benzene rings is 1. The van der Waals surface area contributed by atoms with Crippen molar-refractivity contribution in [2.75, 3.05) is 0 Å². The maximum absolute atomic E-state index is 6.17. The molecule has 0 saturated heterocycles. The molecule has 1 heterocycles. The van der Waals surface area contributed by atoms with Crippen LogP contribution in [0.1, 0.15) is 46.3 Å². The number of unbranched alkanes of at least 4 members (excludes halogenated alkanes) is 1. The van der Waals surface area contributed by atoms with E-state index in [1.165, 1.54) is 23.4 Å². The van der Waals surface area contributed by atoms with Gasteiger partial charge >= 0.3 is 0 Å². The van der Waals surface area contributed by atoms with Crippen molar-refractivity contribution in [1.29, 1.82) is 0 Å². The third kappa shape index (κ3) is 3.63. The van der Waals surface area contributed by atoms with Crippen molar-refractivity contribution in [3.8, 4) is 0 Å². The highest BCUT2D eigenvalue weighted by Crippen LogP contribution is 2.27. The summed E-state index contributed by atoms with van der Waals surface area (Å²) >= 11 is 0. The van der Waals surface area contributed by atoms with Crippen molar-refractivity contribution >= 4 is 19.4 Å². The number of furan rings is 1. The van der Waals surface area contributed by atoms with Crippen molar-refractivity contribution in [3.05, 3.63) is 48.2 Å². The summed E-state index contributed by atoms with van der Waals surface area (Å²) in [6.45, 7) is 9.19.